The first-order valence-corrected chi connectivity index (χ1v) is 39.9. The first-order chi connectivity index (χ1) is 43.3. The van der Waals surface area contributed by atoms with E-state index in [9.17, 15) is 43.2 Å². The van der Waals surface area contributed by atoms with Crippen LogP contribution < -0.4 is 0 Å². The van der Waals surface area contributed by atoms with E-state index in [-0.39, 0.29) is 25.7 Å². The fraction of sp³-hybridized carbons (Fsp3) is 0.944. The summed E-state index contributed by atoms with van der Waals surface area (Å²) < 4.78 is 68.3. The molecule has 3 N–H and O–H groups in total. The van der Waals surface area contributed by atoms with E-state index in [1.807, 2.05) is 0 Å². The van der Waals surface area contributed by atoms with Gasteiger partial charge < -0.3 is 33.8 Å². The fourth-order valence-electron chi connectivity index (χ4n) is 10.7. The van der Waals surface area contributed by atoms with Crippen molar-refractivity contribution >= 4 is 39.5 Å². The fourth-order valence-corrected chi connectivity index (χ4v) is 12.3. The number of aliphatic hydroxyl groups excluding tert-OH is 1. The number of hydrogen-bond donors (Lipinski definition) is 3. The summed E-state index contributed by atoms with van der Waals surface area (Å²) in [5, 5.41) is 10.6. The third-order valence-corrected chi connectivity index (χ3v) is 18.6. The van der Waals surface area contributed by atoms with E-state index in [1.54, 1.807) is 0 Å². The van der Waals surface area contributed by atoms with E-state index in [0.29, 0.717) is 31.6 Å². The largest absolute Gasteiger partial charge is 0.472 e. The summed E-state index contributed by atoms with van der Waals surface area (Å²) in [5.41, 5.74) is 0. The highest BCUT2D eigenvalue weighted by atomic mass is 31.2. The molecule has 0 aliphatic heterocycles. The van der Waals surface area contributed by atoms with E-state index < -0.39 is 97.5 Å². The number of rotatable bonds is 69. The summed E-state index contributed by atoms with van der Waals surface area (Å²) in [6.07, 6.45) is 45.8. The lowest BCUT2D eigenvalue weighted by molar-refractivity contribution is -0.161. The summed E-state index contributed by atoms with van der Waals surface area (Å²) in [6.45, 7) is 11.8. The lowest BCUT2D eigenvalue weighted by Crippen LogP contribution is -2.30. The van der Waals surface area contributed by atoms with Gasteiger partial charge in [-0.1, -0.05) is 305 Å². The normalized spacial score (nSPS) is 14.5. The first-order valence-electron chi connectivity index (χ1n) is 36.9. The minimum Gasteiger partial charge on any atom is -0.462 e. The second kappa shape index (κ2) is 61.9. The highest BCUT2D eigenvalue weighted by Crippen LogP contribution is 2.45. The van der Waals surface area contributed by atoms with Crippen molar-refractivity contribution in [2.24, 2.45) is 17.8 Å². The van der Waals surface area contributed by atoms with Crippen LogP contribution in [0.2, 0.25) is 0 Å². The molecule has 0 bridgehead atoms. The average molecular weight is 1330 g/mol. The van der Waals surface area contributed by atoms with Gasteiger partial charge in [0.15, 0.2) is 12.2 Å². The molecule has 0 saturated carbocycles. The Morgan fingerprint density at radius 3 is 0.844 bits per heavy atom. The molecule has 0 rings (SSSR count). The third kappa shape index (κ3) is 63.5. The molecule has 0 amide bonds. The monoisotopic (exact) mass is 1320 g/mol. The van der Waals surface area contributed by atoms with Crippen molar-refractivity contribution in [2.45, 2.75) is 375 Å². The number of phosphoric ester groups is 2. The SMILES string of the molecule is CCCCCCCCCCCCC(=O)OC[C@H](COP(=O)(O)OC[C@H](O)COP(=O)(O)OC[C@@H](COC(=O)CCCCCCCCCCC(C)CC)OC(=O)CCCCCCCCCCCCCCCCCC(C)C)OC(=O)CCCCCCCCCC(C)C. The minimum atomic E-state index is -4.95. The summed E-state index contributed by atoms with van der Waals surface area (Å²) in [7, 11) is -9.90. The van der Waals surface area contributed by atoms with Crippen molar-refractivity contribution in [3.8, 4) is 0 Å². The molecule has 0 aromatic carbocycles. The molecular formula is C71H138O17P2. The van der Waals surface area contributed by atoms with Crippen LogP contribution in [0.4, 0.5) is 0 Å². The number of esters is 4. The maximum atomic E-state index is 13.0. The molecule has 0 aromatic heterocycles. The zero-order chi connectivity index (χ0) is 66.6. The molecule has 0 radical (unpaired) electrons. The predicted molar refractivity (Wildman–Crippen MR) is 363 cm³/mol. The molecule has 0 fully saturated rings. The van der Waals surface area contributed by atoms with Crippen LogP contribution in [0.3, 0.4) is 0 Å². The molecule has 0 heterocycles. The van der Waals surface area contributed by atoms with Gasteiger partial charge in [-0.3, -0.25) is 37.3 Å². The molecule has 0 aliphatic rings. The predicted octanol–water partition coefficient (Wildman–Crippen LogP) is 20.2. The molecule has 0 aliphatic carbocycles. The summed E-state index contributed by atoms with van der Waals surface area (Å²) in [6, 6.07) is 0. The summed E-state index contributed by atoms with van der Waals surface area (Å²) in [4.78, 5) is 72.5. The van der Waals surface area contributed by atoms with Gasteiger partial charge in [0.05, 0.1) is 26.4 Å². The van der Waals surface area contributed by atoms with E-state index in [1.165, 1.54) is 167 Å². The average Bonchev–Trinajstić information content (AvgIpc) is 3.65. The van der Waals surface area contributed by atoms with Crippen molar-refractivity contribution < 1.29 is 80.2 Å². The van der Waals surface area contributed by atoms with Crippen molar-refractivity contribution in [3.05, 3.63) is 0 Å². The number of aliphatic hydroxyl groups is 1. The topological polar surface area (TPSA) is 237 Å². The summed E-state index contributed by atoms with van der Waals surface area (Å²) in [5.74, 6) is 0.148. The van der Waals surface area contributed by atoms with Crippen molar-refractivity contribution in [3.63, 3.8) is 0 Å². The standard InChI is InChI=1S/C71H138O17P2/c1-8-10-11-12-13-14-23-31-38-45-52-68(73)81-59-67(88-71(76)55-48-41-34-27-29-36-43-50-63(5)6)61-86-90(79,80)84-57-65(72)56-83-89(77,78)85-60-66(58-82-69(74)53-46-39-32-26-25-30-37-44-51-64(7)9-2)87-70(75)54-47-40-33-24-21-19-17-15-16-18-20-22-28-35-42-49-62(3)4/h62-67,72H,8-61H2,1-7H3,(H,77,78)(H,79,80)/t64?,65-,66-,67-/m1/s1. The highest BCUT2D eigenvalue weighted by molar-refractivity contribution is 7.47. The number of phosphoric acid groups is 2. The van der Waals surface area contributed by atoms with Crippen molar-refractivity contribution in [2.75, 3.05) is 39.6 Å². The highest BCUT2D eigenvalue weighted by Gasteiger charge is 2.30. The van der Waals surface area contributed by atoms with Crippen LogP contribution in [0.15, 0.2) is 0 Å². The van der Waals surface area contributed by atoms with Crippen LogP contribution in [0.1, 0.15) is 357 Å². The van der Waals surface area contributed by atoms with Crippen LogP contribution in [0.25, 0.3) is 0 Å². The Morgan fingerprint density at radius 1 is 0.322 bits per heavy atom. The Kier molecular flexibility index (Phi) is 60.6. The number of carbonyl (C=O) groups is 4. The second-order valence-corrected chi connectivity index (χ2v) is 29.7. The van der Waals surface area contributed by atoms with Crippen molar-refractivity contribution in [1.82, 2.24) is 0 Å². The van der Waals surface area contributed by atoms with Gasteiger partial charge in [-0.25, -0.2) is 9.13 Å². The van der Waals surface area contributed by atoms with Crippen LogP contribution in [-0.2, 0) is 65.4 Å². The molecule has 534 valence electrons. The molecule has 90 heavy (non-hydrogen) atoms. The maximum Gasteiger partial charge on any atom is 0.472 e. The van der Waals surface area contributed by atoms with Crippen LogP contribution in [0.5, 0.6) is 0 Å². The second-order valence-electron chi connectivity index (χ2n) is 26.8. The van der Waals surface area contributed by atoms with Gasteiger partial charge >= 0.3 is 39.5 Å². The maximum absolute atomic E-state index is 13.0. The first kappa shape index (κ1) is 88.1. The lowest BCUT2D eigenvalue weighted by Gasteiger charge is -2.21. The molecule has 0 aromatic rings. The lowest BCUT2D eigenvalue weighted by atomic mass is 9.99. The van der Waals surface area contributed by atoms with Crippen LogP contribution >= 0.6 is 15.6 Å². The van der Waals surface area contributed by atoms with E-state index >= 15 is 0 Å². The quantitative estimate of drug-likeness (QED) is 0.0222. The molecule has 3 unspecified atom stereocenters. The smallest absolute Gasteiger partial charge is 0.462 e. The van der Waals surface area contributed by atoms with Gasteiger partial charge in [0, 0.05) is 25.7 Å². The Labute approximate surface area is 549 Å². The zero-order valence-corrected chi connectivity index (χ0v) is 60.4. The van der Waals surface area contributed by atoms with Gasteiger partial charge in [0.2, 0.25) is 0 Å². The van der Waals surface area contributed by atoms with Crippen LogP contribution in [0, 0.1) is 17.8 Å². The van der Waals surface area contributed by atoms with Gasteiger partial charge in [-0.05, 0) is 43.4 Å². The van der Waals surface area contributed by atoms with Gasteiger partial charge in [-0.15, -0.1) is 0 Å². The van der Waals surface area contributed by atoms with Gasteiger partial charge in [-0.2, -0.15) is 0 Å². The summed E-state index contributed by atoms with van der Waals surface area (Å²) >= 11 is 0. The van der Waals surface area contributed by atoms with Crippen LogP contribution in [-0.4, -0.2) is 96.7 Å². The molecule has 17 nitrogen and oxygen atoms in total. The van der Waals surface area contributed by atoms with E-state index in [2.05, 4.69) is 48.5 Å². The van der Waals surface area contributed by atoms with Crippen molar-refractivity contribution in [1.29, 1.82) is 0 Å². The molecule has 0 spiro atoms. The number of unbranched alkanes of at least 4 members (excludes halogenated alkanes) is 36. The Balaban J connectivity index is 5.22. The molecule has 6 atom stereocenters. The molecular weight excluding hydrogens is 1190 g/mol. The number of hydrogen-bond acceptors (Lipinski definition) is 15. The number of carbonyl (C=O) groups excluding carboxylic acids is 4. The molecule has 0 saturated heterocycles. The molecule has 19 heteroatoms. The minimum absolute atomic E-state index is 0.103. The Morgan fingerprint density at radius 2 is 0.567 bits per heavy atom. The zero-order valence-electron chi connectivity index (χ0n) is 58.6. The van der Waals surface area contributed by atoms with Gasteiger partial charge in [0.25, 0.3) is 0 Å². The Hall–Kier alpha value is -1.94. The van der Waals surface area contributed by atoms with Gasteiger partial charge in [0.1, 0.15) is 19.3 Å². The van der Waals surface area contributed by atoms with E-state index in [4.69, 9.17) is 37.0 Å². The van der Waals surface area contributed by atoms with E-state index in [0.717, 1.165) is 102 Å². The number of ether oxygens (including phenoxy) is 4. The third-order valence-electron chi connectivity index (χ3n) is 16.7. The Bertz CT molecular complexity index is 1770.